The third-order valence-electron chi connectivity index (χ3n) is 1.56. The lowest BCUT2D eigenvalue weighted by Gasteiger charge is -2.01. The fourth-order valence-corrected chi connectivity index (χ4v) is 1.08. The number of hydrogen-bond donors (Lipinski definition) is 1. The molecular weight excluding hydrogens is 206 g/mol. The van der Waals surface area contributed by atoms with Crippen LogP contribution < -0.4 is 5.56 Å². The van der Waals surface area contributed by atoms with Crippen LogP contribution in [0.15, 0.2) is 16.9 Å². The van der Waals surface area contributed by atoms with Crippen LogP contribution in [0.3, 0.4) is 0 Å². The summed E-state index contributed by atoms with van der Waals surface area (Å²) >= 11 is 5.52. The van der Waals surface area contributed by atoms with E-state index < -0.39 is 5.56 Å². The van der Waals surface area contributed by atoms with Crippen molar-refractivity contribution in [3.8, 4) is 0 Å². The molecule has 14 heavy (non-hydrogen) atoms. The summed E-state index contributed by atoms with van der Waals surface area (Å²) in [4.78, 5) is 24.5. The molecule has 76 valence electrons. The molecule has 0 radical (unpaired) electrons. The van der Waals surface area contributed by atoms with Crippen molar-refractivity contribution in [1.29, 1.82) is 0 Å². The molecule has 0 fully saturated rings. The normalized spacial score (nSPS) is 9.86. The highest BCUT2D eigenvalue weighted by atomic mass is 35.5. The molecule has 0 saturated heterocycles. The summed E-state index contributed by atoms with van der Waals surface area (Å²) in [5.74, 6) is -0.370. The molecule has 1 aromatic heterocycles. The number of aromatic nitrogens is 1. The summed E-state index contributed by atoms with van der Waals surface area (Å²) < 4.78 is 4.72. The first-order chi connectivity index (χ1) is 6.63. The third kappa shape index (κ3) is 2.88. The molecule has 0 spiro atoms. The van der Waals surface area contributed by atoms with Crippen molar-refractivity contribution in [3.63, 3.8) is 0 Å². The Morgan fingerprint density at radius 2 is 2.29 bits per heavy atom. The highest BCUT2D eigenvalue weighted by molar-refractivity contribution is 6.30. The van der Waals surface area contributed by atoms with Crippen molar-refractivity contribution < 1.29 is 9.53 Å². The van der Waals surface area contributed by atoms with E-state index in [2.05, 4.69) is 4.98 Å². The van der Waals surface area contributed by atoms with Crippen LogP contribution in [0, 0.1) is 0 Å². The van der Waals surface area contributed by atoms with Gasteiger partial charge in [-0.05, 0) is 19.1 Å². The molecule has 0 bridgehead atoms. The lowest BCUT2D eigenvalue weighted by Crippen LogP contribution is -2.14. The second-order valence-corrected chi connectivity index (χ2v) is 3.05. The van der Waals surface area contributed by atoms with E-state index in [-0.39, 0.29) is 17.4 Å². The number of hydrogen-bond acceptors (Lipinski definition) is 3. The molecule has 0 unspecified atom stereocenters. The van der Waals surface area contributed by atoms with E-state index in [1.807, 2.05) is 0 Å². The van der Waals surface area contributed by atoms with Crippen LogP contribution in [-0.4, -0.2) is 17.6 Å². The first-order valence-corrected chi connectivity index (χ1v) is 4.54. The molecule has 0 aliphatic carbocycles. The van der Waals surface area contributed by atoms with E-state index in [9.17, 15) is 9.59 Å². The Morgan fingerprint density at radius 3 is 2.86 bits per heavy atom. The number of carbonyl (C=O) groups is 1. The largest absolute Gasteiger partial charge is 0.466 e. The molecule has 4 nitrogen and oxygen atoms in total. The average Bonchev–Trinajstić information content (AvgIpc) is 2.12. The maximum Gasteiger partial charge on any atom is 0.311 e. The van der Waals surface area contributed by atoms with Crippen LogP contribution in [0.1, 0.15) is 12.6 Å². The fourth-order valence-electron chi connectivity index (χ4n) is 0.967. The van der Waals surface area contributed by atoms with Crippen molar-refractivity contribution in [2.24, 2.45) is 0 Å². The average molecular weight is 216 g/mol. The second kappa shape index (κ2) is 4.81. The molecule has 0 amide bonds. The summed E-state index contributed by atoms with van der Waals surface area (Å²) in [5.41, 5.74) is 0.103. The maximum absolute atomic E-state index is 11.0. The number of rotatable bonds is 3. The smallest absolute Gasteiger partial charge is 0.311 e. The van der Waals surface area contributed by atoms with Gasteiger partial charge in [0.15, 0.2) is 0 Å². The summed E-state index contributed by atoms with van der Waals surface area (Å²) in [7, 11) is 0. The minimum Gasteiger partial charge on any atom is -0.466 e. The Hall–Kier alpha value is -1.29. The SMILES string of the molecule is CCOC(=O)Cc1ccc(Cl)c(=O)[nH]1. The van der Waals surface area contributed by atoms with Crippen molar-refractivity contribution >= 4 is 17.6 Å². The van der Waals surface area contributed by atoms with Gasteiger partial charge in [0.1, 0.15) is 5.02 Å². The number of pyridine rings is 1. The molecule has 5 heteroatoms. The van der Waals surface area contributed by atoms with Gasteiger partial charge in [0.05, 0.1) is 13.0 Å². The van der Waals surface area contributed by atoms with E-state index in [1.54, 1.807) is 13.0 Å². The zero-order valence-corrected chi connectivity index (χ0v) is 8.43. The zero-order chi connectivity index (χ0) is 10.6. The van der Waals surface area contributed by atoms with E-state index >= 15 is 0 Å². The number of carbonyl (C=O) groups excluding carboxylic acids is 1. The molecule has 0 atom stereocenters. The van der Waals surface area contributed by atoms with Gasteiger partial charge >= 0.3 is 5.97 Å². The van der Waals surface area contributed by atoms with Crippen LogP contribution in [0.2, 0.25) is 5.02 Å². The first kappa shape index (κ1) is 10.8. The monoisotopic (exact) mass is 215 g/mol. The fraction of sp³-hybridized carbons (Fsp3) is 0.333. The Balaban J connectivity index is 2.73. The molecule has 0 aliphatic heterocycles. The van der Waals surface area contributed by atoms with Gasteiger partial charge < -0.3 is 9.72 Å². The Morgan fingerprint density at radius 1 is 1.57 bits per heavy atom. The number of aromatic amines is 1. The quantitative estimate of drug-likeness (QED) is 0.770. The van der Waals surface area contributed by atoms with Gasteiger partial charge in [0.25, 0.3) is 5.56 Å². The molecule has 1 heterocycles. The number of H-pyrrole nitrogens is 1. The number of halogens is 1. The summed E-state index contributed by atoms with van der Waals surface area (Å²) in [6.45, 7) is 2.05. The summed E-state index contributed by atoms with van der Waals surface area (Å²) in [6, 6.07) is 3.04. The van der Waals surface area contributed by atoms with Crippen LogP contribution in [0.5, 0.6) is 0 Å². The predicted octanol–water partition coefficient (Wildman–Crippen LogP) is 1.13. The predicted molar refractivity (Wildman–Crippen MR) is 52.4 cm³/mol. The minimum absolute atomic E-state index is 0.0558. The molecular formula is C9H10ClNO3. The second-order valence-electron chi connectivity index (χ2n) is 2.64. The molecule has 0 aliphatic rings. The lowest BCUT2D eigenvalue weighted by atomic mass is 10.3. The van der Waals surface area contributed by atoms with Crippen LogP contribution >= 0.6 is 11.6 Å². The number of esters is 1. The highest BCUT2D eigenvalue weighted by Gasteiger charge is 2.05. The molecule has 1 aromatic rings. The molecule has 1 N–H and O–H groups in total. The van der Waals surface area contributed by atoms with Gasteiger partial charge in [0, 0.05) is 5.69 Å². The van der Waals surface area contributed by atoms with E-state index in [1.165, 1.54) is 6.07 Å². The molecule has 0 aromatic carbocycles. The minimum atomic E-state index is -0.395. The molecule has 0 saturated carbocycles. The Bertz CT molecular complexity index is 386. The van der Waals surface area contributed by atoms with Crippen LogP contribution in [0.4, 0.5) is 0 Å². The Kier molecular flexibility index (Phi) is 3.71. The Labute approximate surface area is 85.9 Å². The van der Waals surface area contributed by atoms with Gasteiger partial charge in [-0.15, -0.1) is 0 Å². The summed E-state index contributed by atoms with van der Waals surface area (Å²) in [6.07, 6.45) is 0.0558. The van der Waals surface area contributed by atoms with Gasteiger partial charge in [0.2, 0.25) is 0 Å². The van der Waals surface area contributed by atoms with E-state index in [0.29, 0.717) is 12.3 Å². The van der Waals surface area contributed by atoms with Crippen LogP contribution in [0.25, 0.3) is 0 Å². The third-order valence-corrected chi connectivity index (χ3v) is 1.86. The number of ether oxygens (including phenoxy) is 1. The van der Waals surface area contributed by atoms with Gasteiger partial charge in [-0.1, -0.05) is 11.6 Å². The van der Waals surface area contributed by atoms with Crippen molar-refractivity contribution in [1.82, 2.24) is 4.98 Å². The van der Waals surface area contributed by atoms with E-state index in [4.69, 9.17) is 16.3 Å². The maximum atomic E-state index is 11.0. The zero-order valence-electron chi connectivity index (χ0n) is 7.67. The topological polar surface area (TPSA) is 59.2 Å². The summed E-state index contributed by atoms with van der Waals surface area (Å²) in [5, 5.41) is 0.109. The molecule has 1 rings (SSSR count). The van der Waals surface area contributed by atoms with Crippen LogP contribution in [-0.2, 0) is 16.0 Å². The highest BCUT2D eigenvalue weighted by Crippen LogP contribution is 2.01. The number of nitrogens with one attached hydrogen (secondary N) is 1. The van der Waals surface area contributed by atoms with Crippen molar-refractivity contribution in [3.05, 3.63) is 33.2 Å². The van der Waals surface area contributed by atoms with Crippen molar-refractivity contribution in [2.75, 3.05) is 6.61 Å². The van der Waals surface area contributed by atoms with Gasteiger partial charge in [-0.3, -0.25) is 9.59 Å². The first-order valence-electron chi connectivity index (χ1n) is 4.16. The van der Waals surface area contributed by atoms with Crippen molar-refractivity contribution in [2.45, 2.75) is 13.3 Å². The standard InChI is InChI=1S/C9H10ClNO3/c1-2-14-8(12)5-6-3-4-7(10)9(13)11-6/h3-4H,2,5H2,1H3,(H,11,13). The lowest BCUT2D eigenvalue weighted by molar-refractivity contribution is -0.142. The van der Waals surface area contributed by atoms with Gasteiger partial charge in [-0.25, -0.2) is 0 Å². The van der Waals surface area contributed by atoms with E-state index in [0.717, 1.165) is 0 Å². The van der Waals surface area contributed by atoms with Gasteiger partial charge in [-0.2, -0.15) is 0 Å².